The van der Waals surface area contributed by atoms with Crippen molar-refractivity contribution in [2.45, 2.75) is 26.2 Å². The molecule has 2 rings (SSSR count). The maximum absolute atomic E-state index is 12.0. The van der Waals surface area contributed by atoms with E-state index in [0.29, 0.717) is 22.7 Å². The lowest BCUT2D eigenvalue weighted by atomic mass is 10.1. The van der Waals surface area contributed by atoms with Crippen LogP contribution in [-0.4, -0.2) is 35.4 Å². The second kappa shape index (κ2) is 7.52. The second-order valence-electron chi connectivity index (χ2n) is 5.76. The highest BCUT2D eigenvalue weighted by Crippen LogP contribution is 2.17. The lowest BCUT2D eigenvalue weighted by molar-refractivity contribution is -0.116. The van der Waals surface area contributed by atoms with Crippen molar-refractivity contribution < 1.29 is 4.79 Å². The smallest absolute Gasteiger partial charge is 0.224 e. The molecule has 1 amide bonds. The zero-order valence-electron chi connectivity index (χ0n) is 12.5. The normalized spacial score (nSPS) is 18.6. The number of nitrogens with zero attached hydrogens (tertiary/aromatic N) is 1. The van der Waals surface area contributed by atoms with E-state index in [0.717, 1.165) is 32.0 Å². The van der Waals surface area contributed by atoms with Crippen LogP contribution in [0.4, 0.5) is 5.69 Å². The molecular formula is C16H23N3OS. The number of likely N-dealkylation sites (tertiary alicyclic amines) is 1. The highest BCUT2D eigenvalue weighted by Gasteiger charge is 2.18. The molecule has 4 nitrogen and oxygen atoms in total. The molecule has 1 aromatic carbocycles. The summed E-state index contributed by atoms with van der Waals surface area (Å²) >= 11 is 4.99. The van der Waals surface area contributed by atoms with E-state index in [9.17, 15) is 4.79 Å². The Hall–Kier alpha value is -1.46. The number of rotatable bonds is 6. The first-order valence-electron chi connectivity index (χ1n) is 7.47. The van der Waals surface area contributed by atoms with E-state index in [-0.39, 0.29) is 5.91 Å². The van der Waals surface area contributed by atoms with Gasteiger partial charge < -0.3 is 16.0 Å². The number of benzene rings is 1. The Morgan fingerprint density at radius 1 is 1.48 bits per heavy atom. The van der Waals surface area contributed by atoms with Crippen LogP contribution in [0.15, 0.2) is 24.3 Å². The third-order valence-electron chi connectivity index (χ3n) is 3.85. The number of nitrogens with two attached hydrogens (primary N) is 1. The number of para-hydroxylation sites is 1. The van der Waals surface area contributed by atoms with Gasteiger partial charge in [-0.1, -0.05) is 31.3 Å². The minimum absolute atomic E-state index is 0.0194. The van der Waals surface area contributed by atoms with Crippen LogP contribution in [0, 0.1) is 5.92 Å². The molecule has 21 heavy (non-hydrogen) atoms. The topological polar surface area (TPSA) is 58.4 Å². The first kappa shape index (κ1) is 15.9. The van der Waals surface area contributed by atoms with Gasteiger partial charge in [0.05, 0.1) is 5.69 Å². The van der Waals surface area contributed by atoms with E-state index in [4.69, 9.17) is 18.0 Å². The lowest BCUT2D eigenvalue weighted by Gasteiger charge is -2.15. The van der Waals surface area contributed by atoms with E-state index in [1.165, 1.54) is 6.42 Å². The molecule has 0 aromatic heterocycles. The highest BCUT2D eigenvalue weighted by molar-refractivity contribution is 7.80. The Kier molecular flexibility index (Phi) is 5.70. The van der Waals surface area contributed by atoms with Gasteiger partial charge >= 0.3 is 0 Å². The van der Waals surface area contributed by atoms with Gasteiger partial charge in [0, 0.05) is 18.5 Å². The molecule has 5 heteroatoms. The third-order valence-corrected chi connectivity index (χ3v) is 4.07. The first-order valence-corrected chi connectivity index (χ1v) is 7.88. The largest absolute Gasteiger partial charge is 0.389 e. The Morgan fingerprint density at radius 2 is 2.24 bits per heavy atom. The summed E-state index contributed by atoms with van der Waals surface area (Å²) in [6.45, 7) is 5.59. The maximum Gasteiger partial charge on any atom is 0.224 e. The van der Waals surface area contributed by atoms with Crippen LogP contribution < -0.4 is 11.1 Å². The summed E-state index contributed by atoms with van der Waals surface area (Å²) < 4.78 is 0. The minimum Gasteiger partial charge on any atom is -0.389 e. The van der Waals surface area contributed by atoms with Crippen molar-refractivity contribution in [3.63, 3.8) is 0 Å². The van der Waals surface area contributed by atoms with Crippen molar-refractivity contribution in [1.29, 1.82) is 0 Å². The third kappa shape index (κ3) is 4.79. The van der Waals surface area contributed by atoms with Crippen molar-refractivity contribution in [2.24, 2.45) is 11.7 Å². The van der Waals surface area contributed by atoms with Crippen LogP contribution >= 0.6 is 12.2 Å². The van der Waals surface area contributed by atoms with Crippen LogP contribution in [0.1, 0.15) is 31.7 Å². The molecule has 1 unspecified atom stereocenters. The fourth-order valence-corrected chi connectivity index (χ4v) is 2.89. The second-order valence-corrected chi connectivity index (χ2v) is 6.20. The molecule has 3 N–H and O–H groups in total. The Labute approximate surface area is 131 Å². The van der Waals surface area contributed by atoms with Gasteiger partial charge in [-0.05, 0) is 44.0 Å². The number of hydrogen-bond acceptors (Lipinski definition) is 3. The van der Waals surface area contributed by atoms with Gasteiger partial charge in [0.1, 0.15) is 4.99 Å². The summed E-state index contributed by atoms with van der Waals surface area (Å²) in [6.07, 6.45) is 2.68. The van der Waals surface area contributed by atoms with Crippen LogP contribution in [-0.2, 0) is 4.79 Å². The predicted molar refractivity (Wildman–Crippen MR) is 90.4 cm³/mol. The van der Waals surface area contributed by atoms with Crippen LogP contribution in [0.3, 0.4) is 0 Å². The zero-order valence-corrected chi connectivity index (χ0v) is 13.3. The van der Waals surface area contributed by atoms with Gasteiger partial charge in [0.25, 0.3) is 0 Å². The van der Waals surface area contributed by atoms with Gasteiger partial charge in [-0.2, -0.15) is 0 Å². The lowest BCUT2D eigenvalue weighted by Crippen LogP contribution is -2.23. The number of thiocarbonyl (C=S) groups is 1. The van der Waals surface area contributed by atoms with Gasteiger partial charge in [-0.3, -0.25) is 4.79 Å². The number of amides is 1. The molecule has 0 radical (unpaired) electrons. The molecule has 1 atom stereocenters. The van der Waals surface area contributed by atoms with Crippen molar-refractivity contribution >= 4 is 28.8 Å². The molecular weight excluding hydrogens is 282 g/mol. The average Bonchev–Trinajstić information content (AvgIpc) is 2.85. The molecule has 0 saturated carbocycles. The van der Waals surface area contributed by atoms with Crippen molar-refractivity contribution in [3.05, 3.63) is 29.8 Å². The summed E-state index contributed by atoms with van der Waals surface area (Å²) in [7, 11) is 0. The number of hydrogen-bond donors (Lipinski definition) is 2. The molecule has 1 fully saturated rings. The van der Waals surface area contributed by atoms with Crippen molar-refractivity contribution in [3.8, 4) is 0 Å². The van der Waals surface area contributed by atoms with E-state index in [1.807, 2.05) is 24.3 Å². The highest BCUT2D eigenvalue weighted by atomic mass is 32.1. The van der Waals surface area contributed by atoms with Crippen molar-refractivity contribution in [1.82, 2.24) is 4.90 Å². The van der Waals surface area contributed by atoms with E-state index in [1.54, 1.807) is 0 Å². The molecule has 1 aromatic rings. The van der Waals surface area contributed by atoms with E-state index >= 15 is 0 Å². The SMILES string of the molecule is CC1CCN(CCCC(=O)Nc2ccccc2C(N)=S)C1. The zero-order chi connectivity index (χ0) is 15.2. The molecule has 0 aliphatic carbocycles. The van der Waals surface area contributed by atoms with Crippen LogP contribution in [0.25, 0.3) is 0 Å². The van der Waals surface area contributed by atoms with Crippen LogP contribution in [0.2, 0.25) is 0 Å². The number of nitrogens with one attached hydrogen (secondary N) is 1. The fourth-order valence-electron chi connectivity index (χ4n) is 2.71. The first-order chi connectivity index (χ1) is 10.1. The Bertz CT molecular complexity index is 518. The Morgan fingerprint density at radius 3 is 2.90 bits per heavy atom. The van der Waals surface area contributed by atoms with Gasteiger partial charge in [0.2, 0.25) is 5.91 Å². The number of carbonyl (C=O) groups excluding carboxylic acids is 1. The average molecular weight is 305 g/mol. The molecule has 0 spiro atoms. The maximum atomic E-state index is 12.0. The Balaban J connectivity index is 1.78. The molecule has 1 saturated heterocycles. The summed E-state index contributed by atoms with van der Waals surface area (Å²) in [5.74, 6) is 0.808. The number of carbonyl (C=O) groups is 1. The quantitative estimate of drug-likeness (QED) is 0.792. The number of anilines is 1. The molecule has 1 aliphatic heterocycles. The van der Waals surface area contributed by atoms with E-state index in [2.05, 4.69) is 17.1 Å². The van der Waals surface area contributed by atoms with Crippen LogP contribution in [0.5, 0.6) is 0 Å². The van der Waals surface area contributed by atoms with Gasteiger partial charge in [0.15, 0.2) is 0 Å². The molecule has 1 aliphatic rings. The standard InChI is InChI=1S/C16H23N3OS/c1-12-8-10-19(11-12)9-4-7-15(20)18-14-6-3-2-5-13(14)16(17)21/h2-3,5-6,12H,4,7-11H2,1H3,(H2,17,21)(H,18,20). The van der Waals surface area contributed by atoms with Gasteiger partial charge in [-0.15, -0.1) is 0 Å². The predicted octanol–water partition coefficient (Wildman–Crippen LogP) is 2.38. The molecule has 0 bridgehead atoms. The minimum atomic E-state index is 0.0194. The fraction of sp³-hybridized carbons (Fsp3) is 0.500. The summed E-state index contributed by atoms with van der Waals surface area (Å²) in [5, 5.41) is 2.90. The molecule has 1 heterocycles. The van der Waals surface area contributed by atoms with E-state index < -0.39 is 0 Å². The van der Waals surface area contributed by atoms with Crippen molar-refractivity contribution in [2.75, 3.05) is 25.0 Å². The monoisotopic (exact) mass is 305 g/mol. The van der Waals surface area contributed by atoms with Gasteiger partial charge in [-0.25, -0.2) is 0 Å². The summed E-state index contributed by atoms with van der Waals surface area (Å²) in [5.41, 5.74) is 7.08. The summed E-state index contributed by atoms with van der Waals surface area (Å²) in [6, 6.07) is 7.37. The molecule has 114 valence electrons. The summed E-state index contributed by atoms with van der Waals surface area (Å²) in [4.78, 5) is 14.7.